The SMILES string of the molecule is CCCCN(C(=O)CN1C(=O)N[C@H](Cc2c[nH]c3ccccc23)C1=O)[C@@H]1CCS(=O)(=O)C1. The van der Waals surface area contributed by atoms with Crippen LogP contribution < -0.4 is 5.32 Å². The van der Waals surface area contributed by atoms with E-state index in [-0.39, 0.29) is 18.1 Å². The van der Waals surface area contributed by atoms with Gasteiger partial charge in [0.1, 0.15) is 12.6 Å². The lowest BCUT2D eigenvalue weighted by Gasteiger charge is -2.29. The number of benzene rings is 1. The molecule has 1 aromatic heterocycles. The minimum Gasteiger partial charge on any atom is -0.361 e. The van der Waals surface area contributed by atoms with Crippen LogP contribution in [0.4, 0.5) is 4.79 Å². The van der Waals surface area contributed by atoms with Crippen LogP contribution in [0.15, 0.2) is 30.5 Å². The molecule has 4 rings (SSSR count). The fraction of sp³-hybridized carbons (Fsp3) is 0.500. The molecule has 2 aromatic rings. The highest BCUT2D eigenvalue weighted by molar-refractivity contribution is 7.91. The summed E-state index contributed by atoms with van der Waals surface area (Å²) in [6, 6.07) is 5.97. The fourth-order valence-electron chi connectivity index (χ4n) is 4.47. The van der Waals surface area contributed by atoms with Crippen molar-refractivity contribution in [2.75, 3.05) is 24.6 Å². The molecule has 2 N–H and O–H groups in total. The van der Waals surface area contributed by atoms with Crippen LogP contribution in [0, 0.1) is 0 Å². The number of para-hydroxylation sites is 1. The number of urea groups is 1. The molecule has 1 aromatic carbocycles. The summed E-state index contributed by atoms with van der Waals surface area (Å²) in [5.41, 5.74) is 1.86. The zero-order valence-corrected chi connectivity index (χ0v) is 18.9. The number of aromatic nitrogens is 1. The number of imide groups is 1. The standard InChI is InChI=1S/C22H28N4O5S/c1-2-3-9-25(16-8-10-32(30,31)14-16)20(27)13-26-21(28)19(24-22(26)29)11-15-12-23-18-7-5-4-6-17(15)18/h4-7,12,16,19,23H,2-3,8-11,13-14H2,1H3,(H,24,29)/t16-,19-/m1/s1. The molecular formula is C22H28N4O5S. The number of hydrogen-bond acceptors (Lipinski definition) is 5. The van der Waals surface area contributed by atoms with Crippen molar-refractivity contribution >= 4 is 38.6 Å². The monoisotopic (exact) mass is 460 g/mol. The van der Waals surface area contributed by atoms with Gasteiger partial charge in [-0.1, -0.05) is 31.5 Å². The summed E-state index contributed by atoms with van der Waals surface area (Å²) in [6.45, 7) is 2.02. The van der Waals surface area contributed by atoms with Crippen LogP contribution in [0.3, 0.4) is 0 Å². The molecule has 10 heteroatoms. The van der Waals surface area contributed by atoms with Gasteiger partial charge in [0.05, 0.1) is 11.5 Å². The van der Waals surface area contributed by atoms with E-state index in [0.29, 0.717) is 19.4 Å². The average molecular weight is 461 g/mol. The van der Waals surface area contributed by atoms with Crippen molar-refractivity contribution in [2.45, 2.75) is 44.7 Å². The number of fused-ring (bicyclic) bond motifs is 1. The number of sulfone groups is 1. The van der Waals surface area contributed by atoms with Gasteiger partial charge in [-0.2, -0.15) is 0 Å². The van der Waals surface area contributed by atoms with E-state index in [4.69, 9.17) is 0 Å². The van der Waals surface area contributed by atoms with E-state index in [1.807, 2.05) is 37.4 Å². The zero-order valence-electron chi connectivity index (χ0n) is 18.0. The lowest BCUT2D eigenvalue weighted by atomic mass is 10.1. The first-order chi connectivity index (χ1) is 15.3. The van der Waals surface area contributed by atoms with Crippen molar-refractivity contribution in [2.24, 2.45) is 0 Å². The van der Waals surface area contributed by atoms with Crippen LogP contribution in [0.1, 0.15) is 31.7 Å². The Labute approximate surface area is 187 Å². The number of amides is 4. The molecule has 172 valence electrons. The van der Waals surface area contributed by atoms with Gasteiger partial charge in [0.2, 0.25) is 5.91 Å². The summed E-state index contributed by atoms with van der Waals surface area (Å²) in [4.78, 5) is 44.1. The van der Waals surface area contributed by atoms with Gasteiger partial charge in [-0.05, 0) is 24.5 Å². The molecule has 0 spiro atoms. The van der Waals surface area contributed by atoms with Gasteiger partial charge in [0, 0.05) is 36.1 Å². The molecule has 0 bridgehead atoms. The Morgan fingerprint density at radius 2 is 2.03 bits per heavy atom. The Kier molecular flexibility index (Phi) is 6.23. The van der Waals surface area contributed by atoms with Crippen molar-refractivity contribution in [3.63, 3.8) is 0 Å². The van der Waals surface area contributed by atoms with E-state index in [1.165, 1.54) is 0 Å². The number of carbonyl (C=O) groups excluding carboxylic acids is 3. The normalized spacial score (nSPS) is 22.5. The smallest absolute Gasteiger partial charge is 0.325 e. The topological polar surface area (TPSA) is 120 Å². The van der Waals surface area contributed by atoms with Crippen molar-refractivity contribution in [1.29, 1.82) is 0 Å². The molecule has 0 aliphatic carbocycles. The second-order valence-corrected chi connectivity index (χ2v) is 10.7. The van der Waals surface area contributed by atoms with Crippen LogP contribution in [0.2, 0.25) is 0 Å². The summed E-state index contributed by atoms with van der Waals surface area (Å²) in [5, 5.41) is 3.67. The molecule has 4 amide bonds. The Bertz CT molecular complexity index is 1140. The quantitative estimate of drug-likeness (QED) is 0.578. The highest BCUT2D eigenvalue weighted by atomic mass is 32.2. The molecular weight excluding hydrogens is 432 g/mol. The number of aromatic amines is 1. The number of carbonyl (C=O) groups is 3. The Morgan fingerprint density at radius 1 is 1.25 bits per heavy atom. The van der Waals surface area contributed by atoms with Gasteiger partial charge in [0.25, 0.3) is 5.91 Å². The minimum atomic E-state index is -3.16. The first-order valence-electron chi connectivity index (χ1n) is 11.0. The second-order valence-electron chi connectivity index (χ2n) is 8.49. The summed E-state index contributed by atoms with van der Waals surface area (Å²) in [5.74, 6) is -0.838. The predicted octanol–water partition coefficient (Wildman–Crippen LogP) is 1.45. The lowest BCUT2D eigenvalue weighted by molar-refractivity contribution is -0.138. The Morgan fingerprint density at radius 3 is 2.75 bits per heavy atom. The van der Waals surface area contributed by atoms with E-state index in [1.54, 1.807) is 4.90 Å². The molecule has 0 unspecified atom stereocenters. The maximum Gasteiger partial charge on any atom is 0.325 e. The van der Waals surface area contributed by atoms with Gasteiger partial charge >= 0.3 is 6.03 Å². The molecule has 0 radical (unpaired) electrons. The second kappa shape index (κ2) is 8.93. The number of nitrogens with zero attached hydrogens (tertiary/aromatic N) is 2. The number of unbranched alkanes of at least 4 members (excludes halogenated alkanes) is 1. The van der Waals surface area contributed by atoms with E-state index in [2.05, 4.69) is 10.3 Å². The zero-order chi connectivity index (χ0) is 22.9. The molecule has 3 heterocycles. The third-order valence-electron chi connectivity index (χ3n) is 6.22. The molecule has 32 heavy (non-hydrogen) atoms. The average Bonchev–Trinajstić information content (AvgIpc) is 3.41. The number of hydrogen-bond donors (Lipinski definition) is 2. The summed E-state index contributed by atoms with van der Waals surface area (Å²) >= 11 is 0. The largest absolute Gasteiger partial charge is 0.361 e. The highest BCUT2D eigenvalue weighted by Crippen LogP contribution is 2.22. The molecule has 2 saturated heterocycles. The summed E-state index contributed by atoms with van der Waals surface area (Å²) < 4.78 is 23.8. The van der Waals surface area contributed by atoms with E-state index in [0.717, 1.165) is 34.2 Å². The first-order valence-corrected chi connectivity index (χ1v) is 12.8. The number of H-pyrrole nitrogens is 1. The van der Waals surface area contributed by atoms with Crippen molar-refractivity contribution < 1.29 is 22.8 Å². The number of nitrogens with one attached hydrogen (secondary N) is 2. The molecule has 2 aliphatic heterocycles. The summed E-state index contributed by atoms with van der Waals surface area (Å²) in [7, 11) is -3.16. The molecule has 0 saturated carbocycles. The Hall–Kier alpha value is -2.88. The number of rotatable bonds is 8. The van der Waals surface area contributed by atoms with Gasteiger partial charge in [0.15, 0.2) is 9.84 Å². The van der Waals surface area contributed by atoms with Crippen LogP contribution in [-0.2, 0) is 25.8 Å². The molecule has 2 aliphatic rings. The van der Waals surface area contributed by atoms with E-state index < -0.39 is 39.8 Å². The van der Waals surface area contributed by atoms with Crippen molar-refractivity contribution in [3.8, 4) is 0 Å². The molecule has 2 fully saturated rings. The first kappa shape index (κ1) is 22.3. The fourth-order valence-corrected chi connectivity index (χ4v) is 6.20. The maximum absolute atomic E-state index is 13.0. The van der Waals surface area contributed by atoms with Crippen LogP contribution in [-0.4, -0.2) is 77.7 Å². The van der Waals surface area contributed by atoms with Crippen LogP contribution >= 0.6 is 0 Å². The maximum atomic E-state index is 13.0. The predicted molar refractivity (Wildman–Crippen MR) is 120 cm³/mol. The molecule has 2 atom stereocenters. The van der Waals surface area contributed by atoms with Gasteiger partial charge < -0.3 is 15.2 Å². The van der Waals surface area contributed by atoms with Gasteiger partial charge in [-0.3, -0.25) is 14.5 Å². The lowest BCUT2D eigenvalue weighted by Crippen LogP contribution is -2.48. The van der Waals surface area contributed by atoms with Gasteiger partial charge in [-0.15, -0.1) is 0 Å². The van der Waals surface area contributed by atoms with E-state index in [9.17, 15) is 22.8 Å². The third kappa shape index (κ3) is 4.50. The third-order valence-corrected chi connectivity index (χ3v) is 7.97. The van der Waals surface area contributed by atoms with Crippen LogP contribution in [0.5, 0.6) is 0 Å². The van der Waals surface area contributed by atoms with Crippen molar-refractivity contribution in [1.82, 2.24) is 20.1 Å². The minimum absolute atomic E-state index is 0.0589. The molecule has 9 nitrogen and oxygen atoms in total. The van der Waals surface area contributed by atoms with Crippen LogP contribution in [0.25, 0.3) is 10.9 Å². The van der Waals surface area contributed by atoms with Gasteiger partial charge in [-0.25, -0.2) is 13.2 Å². The van der Waals surface area contributed by atoms with E-state index >= 15 is 0 Å². The highest BCUT2D eigenvalue weighted by Gasteiger charge is 2.41. The summed E-state index contributed by atoms with van der Waals surface area (Å²) in [6.07, 6.45) is 4.11. The Balaban J connectivity index is 1.45. The van der Waals surface area contributed by atoms with Crippen molar-refractivity contribution in [3.05, 3.63) is 36.0 Å².